The fourth-order valence-corrected chi connectivity index (χ4v) is 2.39. The zero-order valence-corrected chi connectivity index (χ0v) is 12.7. The van der Waals surface area contributed by atoms with Crippen LogP contribution in [0.5, 0.6) is 0 Å². The van der Waals surface area contributed by atoms with Gasteiger partial charge in [-0.2, -0.15) is 5.10 Å². The van der Waals surface area contributed by atoms with Crippen LogP contribution < -0.4 is 11.2 Å². The minimum absolute atomic E-state index is 0.115. The molecule has 0 aliphatic carbocycles. The number of carbonyl (C=O) groups is 1. The van der Waals surface area contributed by atoms with Gasteiger partial charge in [0.25, 0.3) is 5.95 Å². The van der Waals surface area contributed by atoms with Crippen LogP contribution in [-0.2, 0) is 4.79 Å². The first-order valence-corrected chi connectivity index (χ1v) is 7.26. The fraction of sp³-hybridized carbons (Fsp3) is 0.333. The van der Waals surface area contributed by atoms with Crippen LogP contribution >= 0.6 is 11.8 Å². The van der Waals surface area contributed by atoms with E-state index in [0.717, 1.165) is 11.4 Å². The minimum Gasteiger partial charge on any atom is -0.352 e. The van der Waals surface area contributed by atoms with Crippen LogP contribution in [0.1, 0.15) is 11.4 Å². The highest BCUT2D eigenvalue weighted by Gasteiger charge is 2.15. The van der Waals surface area contributed by atoms with E-state index >= 15 is 0 Å². The number of carbonyl (C=O) groups excluding carboxylic acids is 1. The molecule has 0 aromatic carbocycles. The molecule has 1 amide bonds. The summed E-state index contributed by atoms with van der Waals surface area (Å²) in [6.45, 7) is 7.77. The van der Waals surface area contributed by atoms with Gasteiger partial charge < -0.3 is 11.2 Å². The largest absolute Gasteiger partial charge is 0.352 e. The van der Waals surface area contributed by atoms with E-state index in [9.17, 15) is 4.79 Å². The van der Waals surface area contributed by atoms with Gasteiger partial charge in [-0.15, -0.1) is 16.8 Å². The molecule has 2 rings (SSSR count). The highest BCUT2D eigenvalue weighted by molar-refractivity contribution is 7.99. The van der Waals surface area contributed by atoms with Crippen molar-refractivity contribution < 1.29 is 4.79 Å². The number of nitrogens with one attached hydrogen (secondary N) is 1. The van der Waals surface area contributed by atoms with Gasteiger partial charge in [-0.1, -0.05) is 17.8 Å². The second-order valence-corrected chi connectivity index (χ2v) is 5.32. The van der Waals surface area contributed by atoms with Crippen LogP contribution in [0.2, 0.25) is 0 Å². The molecule has 0 atom stereocenters. The molecular formula is C12H17N7OS. The van der Waals surface area contributed by atoms with E-state index in [0.29, 0.717) is 17.6 Å². The predicted molar refractivity (Wildman–Crippen MR) is 80.7 cm³/mol. The summed E-state index contributed by atoms with van der Waals surface area (Å²) in [7, 11) is 0. The summed E-state index contributed by atoms with van der Waals surface area (Å²) in [5, 5.41) is 15.4. The summed E-state index contributed by atoms with van der Waals surface area (Å²) < 4.78 is 2.94. The van der Waals surface area contributed by atoms with Crippen LogP contribution in [0.25, 0.3) is 5.95 Å². The fourth-order valence-electron chi connectivity index (χ4n) is 1.71. The molecule has 0 bridgehead atoms. The lowest BCUT2D eigenvalue weighted by atomic mass is 10.4. The van der Waals surface area contributed by atoms with Gasteiger partial charge in [-0.3, -0.25) is 4.79 Å². The van der Waals surface area contributed by atoms with Gasteiger partial charge >= 0.3 is 0 Å². The van der Waals surface area contributed by atoms with Crippen molar-refractivity contribution in [1.82, 2.24) is 30.0 Å². The molecule has 0 unspecified atom stereocenters. The summed E-state index contributed by atoms with van der Waals surface area (Å²) >= 11 is 1.21. The molecule has 0 saturated carbocycles. The average Bonchev–Trinajstić information content (AvgIpc) is 2.96. The Morgan fingerprint density at radius 2 is 2.29 bits per heavy atom. The molecule has 0 spiro atoms. The summed E-state index contributed by atoms with van der Waals surface area (Å²) in [5.41, 5.74) is 1.78. The molecule has 2 aromatic rings. The zero-order chi connectivity index (χ0) is 15.4. The van der Waals surface area contributed by atoms with E-state index < -0.39 is 0 Å². The van der Waals surface area contributed by atoms with Crippen molar-refractivity contribution in [3.8, 4) is 5.95 Å². The Bertz CT molecular complexity index is 661. The minimum atomic E-state index is -0.115. The van der Waals surface area contributed by atoms with Crippen LogP contribution in [0, 0.1) is 13.8 Å². The molecule has 3 N–H and O–H groups in total. The van der Waals surface area contributed by atoms with E-state index in [2.05, 4.69) is 27.2 Å². The zero-order valence-electron chi connectivity index (χ0n) is 11.9. The van der Waals surface area contributed by atoms with Gasteiger partial charge in [0.15, 0.2) is 0 Å². The highest BCUT2D eigenvalue weighted by Crippen LogP contribution is 2.17. The Morgan fingerprint density at radius 3 is 2.90 bits per heavy atom. The lowest BCUT2D eigenvalue weighted by Gasteiger charge is -2.05. The number of aromatic nitrogens is 5. The van der Waals surface area contributed by atoms with Crippen LogP contribution in [0.4, 0.5) is 0 Å². The molecule has 21 heavy (non-hydrogen) atoms. The molecule has 2 heterocycles. The van der Waals surface area contributed by atoms with Crippen LogP contribution in [0.3, 0.4) is 0 Å². The maximum absolute atomic E-state index is 11.5. The number of hydrogen-bond acceptors (Lipinski definition) is 6. The Hall–Kier alpha value is -2.29. The topological polar surface area (TPSA) is 104 Å². The van der Waals surface area contributed by atoms with Gasteiger partial charge in [0.2, 0.25) is 11.1 Å². The highest BCUT2D eigenvalue weighted by atomic mass is 32.2. The summed E-state index contributed by atoms with van der Waals surface area (Å²) in [4.78, 5) is 11.5. The summed E-state index contributed by atoms with van der Waals surface area (Å²) in [6.07, 6.45) is 1.62. The monoisotopic (exact) mass is 307 g/mol. The molecule has 8 nitrogen and oxygen atoms in total. The van der Waals surface area contributed by atoms with Crippen molar-refractivity contribution in [1.29, 1.82) is 0 Å². The number of nitrogens with zero attached hydrogens (tertiary/aromatic N) is 5. The number of nitrogens with two attached hydrogens (primary N) is 1. The van der Waals surface area contributed by atoms with E-state index in [1.165, 1.54) is 16.4 Å². The van der Waals surface area contributed by atoms with Gasteiger partial charge in [-0.05, 0) is 19.9 Å². The maximum Gasteiger partial charge on any atom is 0.271 e. The van der Waals surface area contributed by atoms with E-state index in [1.54, 1.807) is 10.8 Å². The Kier molecular flexibility index (Phi) is 4.63. The first kappa shape index (κ1) is 15.1. The number of thioether (sulfide) groups is 1. The van der Waals surface area contributed by atoms with Gasteiger partial charge in [0, 0.05) is 12.2 Å². The second kappa shape index (κ2) is 6.44. The van der Waals surface area contributed by atoms with E-state index in [1.807, 2.05) is 19.9 Å². The SMILES string of the molecule is C=CCNC(=O)CSc1nnc(-n2nc(C)cc2C)n1N. The molecule has 112 valence electrons. The van der Waals surface area contributed by atoms with E-state index in [4.69, 9.17) is 5.84 Å². The smallest absolute Gasteiger partial charge is 0.271 e. The number of nitrogen functional groups attached to an aromatic ring is 1. The molecule has 0 aliphatic rings. The lowest BCUT2D eigenvalue weighted by molar-refractivity contribution is -0.118. The van der Waals surface area contributed by atoms with Crippen molar-refractivity contribution in [2.24, 2.45) is 0 Å². The van der Waals surface area contributed by atoms with Crippen LogP contribution in [-0.4, -0.2) is 42.9 Å². The van der Waals surface area contributed by atoms with Gasteiger partial charge in [0.05, 0.1) is 11.4 Å². The molecule has 0 aliphatic heterocycles. The first-order valence-electron chi connectivity index (χ1n) is 6.27. The molecular weight excluding hydrogens is 290 g/mol. The average molecular weight is 307 g/mol. The lowest BCUT2D eigenvalue weighted by Crippen LogP contribution is -2.25. The van der Waals surface area contributed by atoms with Crippen LogP contribution in [0.15, 0.2) is 23.9 Å². The molecule has 0 fully saturated rings. The Balaban J connectivity index is 2.09. The summed E-state index contributed by atoms with van der Waals surface area (Å²) in [6, 6.07) is 1.92. The normalized spacial score (nSPS) is 10.6. The number of aryl methyl sites for hydroxylation is 2. The van der Waals surface area contributed by atoms with Crippen molar-refractivity contribution >= 4 is 17.7 Å². The quantitative estimate of drug-likeness (QED) is 0.448. The number of amides is 1. The standard InChI is InChI=1S/C12H17N7OS/c1-4-5-14-10(20)7-21-12-16-15-11(18(12)13)19-9(3)6-8(2)17-19/h4,6H,1,5,7,13H2,2-3H3,(H,14,20). The van der Waals surface area contributed by atoms with E-state index in [-0.39, 0.29) is 11.7 Å². The van der Waals surface area contributed by atoms with Gasteiger partial charge in [-0.25, -0.2) is 9.36 Å². The molecule has 0 saturated heterocycles. The predicted octanol–water partition coefficient (Wildman–Crippen LogP) is 0.189. The third kappa shape index (κ3) is 3.43. The third-order valence-corrected chi connectivity index (χ3v) is 3.56. The van der Waals surface area contributed by atoms with Crippen molar-refractivity contribution in [2.45, 2.75) is 19.0 Å². The molecule has 9 heteroatoms. The summed E-state index contributed by atoms with van der Waals surface area (Å²) in [5.74, 6) is 6.47. The number of rotatable bonds is 6. The van der Waals surface area contributed by atoms with Crippen molar-refractivity contribution in [3.05, 3.63) is 30.1 Å². The molecule has 0 radical (unpaired) electrons. The Morgan fingerprint density at radius 1 is 1.52 bits per heavy atom. The van der Waals surface area contributed by atoms with Crippen molar-refractivity contribution in [2.75, 3.05) is 18.1 Å². The van der Waals surface area contributed by atoms with Gasteiger partial charge in [0.1, 0.15) is 0 Å². The first-order chi connectivity index (χ1) is 10.0. The number of hydrogen-bond donors (Lipinski definition) is 2. The Labute approximate surface area is 126 Å². The second-order valence-electron chi connectivity index (χ2n) is 4.37. The molecule has 2 aromatic heterocycles. The third-order valence-electron chi connectivity index (χ3n) is 2.62. The van der Waals surface area contributed by atoms with Crippen molar-refractivity contribution in [3.63, 3.8) is 0 Å². The maximum atomic E-state index is 11.5.